The van der Waals surface area contributed by atoms with E-state index in [9.17, 15) is 0 Å². The zero-order valence-corrected chi connectivity index (χ0v) is 27.5. The number of allylic oxidation sites excluding steroid dienone is 2. The van der Waals surface area contributed by atoms with Crippen LogP contribution in [0.3, 0.4) is 0 Å². The Morgan fingerprint density at radius 2 is 1.57 bits per heavy atom. The summed E-state index contributed by atoms with van der Waals surface area (Å²) < 4.78 is 4.87. The van der Waals surface area contributed by atoms with E-state index in [1.165, 1.54) is 60.7 Å². The number of aryl methyl sites for hydroxylation is 2. The molecule has 0 amide bonds. The fraction of sp³-hybridized carbons (Fsp3) is 0.133. The molecule has 0 saturated carbocycles. The van der Waals surface area contributed by atoms with Gasteiger partial charge < -0.3 is 0 Å². The molecule has 0 aliphatic carbocycles. The highest BCUT2D eigenvalue weighted by atomic mass is 15.0. The van der Waals surface area contributed by atoms with Gasteiger partial charge in [-0.05, 0) is 78.9 Å². The van der Waals surface area contributed by atoms with E-state index in [4.69, 9.17) is 9.98 Å². The van der Waals surface area contributed by atoms with Gasteiger partial charge in [-0.3, -0.25) is 9.39 Å². The van der Waals surface area contributed by atoms with E-state index in [0.717, 1.165) is 53.0 Å². The van der Waals surface area contributed by atoms with E-state index in [0.29, 0.717) is 5.92 Å². The number of fused-ring (bicyclic) bond motifs is 13. The van der Waals surface area contributed by atoms with Crippen LogP contribution in [0.4, 0.5) is 0 Å². The van der Waals surface area contributed by atoms with Crippen molar-refractivity contribution in [2.75, 3.05) is 0 Å². The minimum absolute atomic E-state index is 0.205. The van der Waals surface area contributed by atoms with E-state index in [2.05, 4.69) is 144 Å². The van der Waals surface area contributed by atoms with E-state index in [1.807, 2.05) is 6.08 Å². The third kappa shape index (κ3) is 4.13. The van der Waals surface area contributed by atoms with E-state index in [1.54, 1.807) is 0 Å². The maximum atomic E-state index is 5.61. The Balaban J connectivity index is 1.23. The molecule has 8 aromatic rings. The highest BCUT2D eigenvalue weighted by Gasteiger charge is 2.40. The molecule has 6 heterocycles. The SMILES string of the molecule is C=C/C1=N/C(=C)CC2C(CCc3nc4c(cc31)c1cc(-c3ccccc3)cc3c5ccccc5n4c31)c1ccccc1-c1ccc(C)c[n+]12. The molecule has 49 heavy (non-hydrogen) atoms. The van der Waals surface area contributed by atoms with Crippen molar-refractivity contribution in [3.05, 3.63) is 163 Å². The average molecular weight is 632 g/mol. The summed E-state index contributed by atoms with van der Waals surface area (Å²) in [6, 6.07) is 40.1. The van der Waals surface area contributed by atoms with Gasteiger partial charge in [0.25, 0.3) is 0 Å². The monoisotopic (exact) mass is 631 g/mol. The third-order valence-corrected chi connectivity index (χ3v) is 10.9. The van der Waals surface area contributed by atoms with Crippen LogP contribution in [0.2, 0.25) is 0 Å². The van der Waals surface area contributed by atoms with Gasteiger partial charge in [-0.25, -0.2) is 4.98 Å². The minimum atomic E-state index is 0.205. The molecule has 0 saturated heterocycles. The predicted molar refractivity (Wildman–Crippen MR) is 202 cm³/mol. The van der Waals surface area contributed by atoms with E-state index in [-0.39, 0.29) is 6.04 Å². The summed E-state index contributed by atoms with van der Waals surface area (Å²) in [5.74, 6) is 0.292. The number of aliphatic imine (C=N–C) groups is 1. The lowest BCUT2D eigenvalue weighted by Crippen LogP contribution is -2.48. The first kappa shape index (κ1) is 28.2. The summed E-state index contributed by atoms with van der Waals surface area (Å²) >= 11 is 0. The Morgan fingerprint density at radius 3 is 2.43 bits per heavy atom. The van der Waals surface area contributed by atoms with Gasteiger partial charge in [-0.15, -0.1) is 0 Å². The van der Waals surface area contributed by atoms with Gasteiger partial charge >= 0.3 is 0 Å². The van der Waals surface area contributed by atoms with Gasteiger partial charge in [0.15, 0.2) is 12.2 Å². The Labute approximate surface area is 285 Å². The van der Waals surface area contributed by atoms with Gasteiger partial charge in [-0.1, -0.05) is 79.9 Å². The van der Waals surface area contributed by atoms with Crippen LogP contribution in [-0.4, -0.2) is 15.1 Å². The number of rotatable bonds is 2. The van der Waals surface area contributed by atoms with Crippen molar-refractivity contribution in [1.29, 1.82) is 0 Å². The van der Waals surface area contributed by atoms with Crippen molar-refractivity contribution in [2.45, 2.75) is 38.1 Å². The number of aromatic nitrogens is 3. The lowest BCUT2D eigenvalue weighted by atomic mass is 9.78. The third-order valence-electron chi connectivity index (χ3n) is 10.9. The second kappa shape index (κ2) is 10.6. The molecule has 0 N–H and O–H groups in total. The highest BCUT2D eigenvalue weighted by molar-refractivity contribution is 6.25. The molecule has 0 bridgehead atoms. The normalized spacial score (nSPS) is 18.6. The van der Waals surface area contributed by atoms with Gasteiger partial charge in [0.1, 0.15) is 5.65 Å². The molecule has 0 fully saturated rings. The van der Waals surface area contributed by atoms with Crippen LogP contribution in [0.1, 0.15) is 47.2 Å². The lowest BCUT2D eigenvalue weighted by Gasteiger charge is -2.31. The maximum absolute atomic E-state index is 5.61. The number of hydrogen-bond donors (Lipinski definition) is 0. The van der Waals surface area contributed by atoms with Crippen LogP contribution < -0.4 is 4.57 Å². The number of nitrogens with zero attached hydrogens (tertiary/aromatic N) is 4. The summed E-state index contributed by atoms with van der Waals surface area (Å²) in [5.41, 5.74) is 14.9. The van der Waals surface area contributed by atoms with Crippen LogP contribution in [-0.2, 0) is 6.42 Å². The molecule has 2 unspecified atom stereocenters. The first-order valence-corrected chi connectivity index (χ1v) is 17.2. The molecule has 234 valence electrons. The standard InChI is InChI=1S/C45H35N4/c1-4-39-38-25-37-36-24-30(29-12-6-5-7-13-29)23-35-33-16-10-11-17-42(33)49(44(35)36)45(37)47-40(38)20-19-34-31-14-8-9-15-32(31)41-21-18-27(2)26-48(41)43(34)22-28(3)46-39/h4-18,21,23-26,34,43H,1,3,19-20,22H2,2H3/q+1/b46-39-. The molecule has 0 spiro atoms. The Kier molecular flexibility index (Phi) is 6.07. The minimum Gasteiger partial charge on any atom is -0.293 e. The Morgan fingerprint density at radius 1 is 0.796 bits per heavy atom. The molecular weight excluding hydrogens is 597 g/mol. The van der Waals surface area contributed by atoms with Gasteiger partial charge in [-0.2, -0.15) is 4.57 Å². The van der Waals surface area contributed by atoms with E-state index >= 15 is 0 Å². The first-order valence-electron chi connectivity index (χ1n) is 17.2. The largest absolute Gasteiger partial charge is 0.293 e. The maximum Gasteiger partial charge on any atom is 0.213 e. The first-order chi connectivity index (χ1) is 24.1. The van der Waals surface area contributed by atoms with Crippen LogP contribution in [0.5, 0.6) is 0 Å². The Bertz CT molecular complexity index is 2690. The molecule has 0 radical (unpaired) electrons. The summed E-state index contributed by atoms with van der Waals surface area (Å²) in [7, 11) is 0. The van der Waals surface area contributed by atoms with Crippen molar-refractivity contribution in [1.82, 2.24) is 9.38 Å². The molecule has 4 aromatic heterocycles. The van der Waals surface area contributed by atoms with Gasteiger partial charge in [0.2, 0.25) is 5.69 Å². The number of benzene rings is 4. The molecule has 4 nitrogen and oxygen atoms in total. The Hall–Kier alpha value is -5.87. The zero-order chi connectivity index (χ0) is 32.8. The van der Waals surface area contributed by atoms with E-state index < -0.39 is 0 Å². The van der Waals surface area contributed by atoms with Crippen molar-refractivity contribution in [3.63, 3.8) is 0 Å². The zero-order valence-electron chi connectivity index (χ0n) is 27.5. The van der Waals surface area contributed by atoms with Crippen molar-refractivity contribution in [2.24, 2.45) is 4.99 Å². The fourth-order valence-electron chi connectivity index (χ4n) is 8.78. The van der Waals surface area contributed by atoms with Crippen molar-refractivity contribution >= 4 is 43.9 Å². The fourth-order valence-corrected chi connectivity index (χ4v) is 8.78. The summed E-state index contributed by atoms with van der Waals surface area (Å²) in [6.45, 7) is 11.0. The molecule has 2 aliphatic rings. The van der Waals surface area contributed by atoms with Crippen LogP contribution in [0.25, 0.3) is 60.6 Å². The molecule has 4 aromatic carbocycles. The van der Waals surface area contributed by atoms with Gasteiger partial charge in [0.05, 0.1) is 28.9 Å². The van der Waals surface area contributed by atoms with Crippen LogP contribution in [0, 0.1) is 6.92 Å². The van der Waals surface area contributed by atoms with Crippen LogP contribution >= 0.6 is 0 Å². The lowest BCUT2D eigenvalue weighted by molar-refractivity contribution is -0.718. The summed E-state index contributed by atoms with van der Waals surface area (Å²) in [6.07, 6.45) is 6.75. The number of para-hydroxylation sites is 1. The second-order valence-electron chi connectivity index (χ2n) is 13.8. The topological polar surface area (TPSA) is 33.5 Å². The quantitative estimate of drug-likeness (QED) is 0.175. The second-order valence-corrected chi connectivity index (χ2v) is 13.8. The highest BCUT2D eigenvalue weighted by Crippen LogP contribution is 2.45. The summed E-state index contributed by atoms with van der Waals surface area (Å²) in [5, 5.41) is 4.85. The smallest absolute Gasteiger partial charge is 0.213 e. The molecule has 4 heteroatoms. The van der Waals surface area contributed by atoms with Crippen molar-refractivity contribution < 1.29 is 4.57 Å². The molecule has 2 atom stereocenters. The molecular formula is C45H35N4+. The summed E-state index contributed by atoms with van der Waals surface area (Å²) in [4.78, 5) is 10.8. The number of pyridine rings is 2. The average Bonchev–Trinajstić information content (AvgIpc) is 3.64. The molecule has 2 aliphatic heterocycles. The van der Waals surface area contributed by atoms with Crippen LogP contribution in [0.15, 0.2) is 145 Å². The van der Waals surface area contributed by atoms with Gasteiger partial charge in [0, 0.05) is 55.9 Å². The van der Waals surface area contributed by atoms with Crippen molar-refractivity contribution in [3.8, 4) is 22.4 Å². The predicted octanol–water partition coefficient (Wildman–Crippen LogP) is 10.3. The molecule has 10 rings (SSSR count). The number of hydrogen-bond acceptors (Lipinski definition) is 2.